The number of carbonyl (C=O) groups excluding carboxylic acids is 1. The van der Waals surface area contributed by atoms with Crippen LogP contribution >= 0.6 is 11.3 Å². The van der Waals surface area contributed by atoms with E-state index < -0.39 is 0 Å². The molecule has 3 aromatic rings. The van der Waals surface area contributed by atoms with E-state index in [1.807, 2.05) is 86.5 Å². The van der Waals surface area contributed by atoms with Gasteiger partial charge in [0.1, 0.15) is 17.4 Å². The number of hydrogen-bond donors (Lipinski definition) is 0. The highest BCUT2D eigenvalue weighted by molar-refractivity contribution is 7.09. The fraction of sp³-hybridized carbons (Fsp3) is 0.304. The summed E-state index contributed by atoms with van der Waals surface area (Å²) in [6.45, 7) is 9.02. The molecule has 0 saturated heterocycles. The smallest absolute Gasteiger partial charge is 0.254 e. The molecule has 0 aliphatic carbocycles. The molecule has 0 radical (unpaired) electrons. The topological polar surface area (TPSA) is 42.4 Å². The van der Waals surface area contributed by atoms with E-state index in [-0.39, 0.29) is 11.9 Å². The average molecular weight is 395 g/mol. The van der Waals surface area contributed by atoms with Crippen molar-refractivity contribution in [2.75, 3.05) is 0 Å². The number of aromatic nitrogens is 1. The molecule has 1 heterocycles. The Morgan fingerprint density at radius 1 is 1.11 bits per heavy atom. The fourth-order valence-corrected chi connectivity index (χ4v) is 3.64. The minimum Gasteiger partial charge on any atom is -0.486 e. The van der Waals surface area contributed by atoms with Gasteiger partial charge in [-0.1, -0.05) is 29.8 Å². The van der Waals surface area contributed by atoms with Gasteiger partial charge >= 0.3 is 0 Å². The highest BCUT2D eigenvalue weighted by Gasteiger charge is 2.20. The molecular formula is C23H26N2O2S. The number of benzene rings is 2. The molecule has 146 valence electrons. The molecule has 5 heteroatoms. The Balaban J connectivity index is 1.66. The molecule has 3 rings (SSSR count). The third kappa shape index (κ3) is 5.20. The summed E-state index contributed by atoms with van der Waals surface area (Å²) in [6, 6.07) is 15.8. The lowest BCUT2D eigenvalue weighted by Gasteiger charge is -2.26. The van der Waals surface area contributed by atoms with Crippen LogP contribution in [0.25, 0.3) is 0 Å². The summed E-state index contributed by atoms with van der Waals surface area (Å²) >= 11 is 1.56. The summed E-state index contributed by atoms with van der Waals surface area (Å²) in [4.78, 5) is 19.5. The minimum absolute atomic E-state index is 0.0317. The number of thiazole rings is 1. The summed E-state index contributed by atoms with van der Waals surface area (Å²) in [5.74, 6) is 0.874. The molecule has 0 aliphatic heterocycles. The maximum Gasteiger partial charge on any atom is 0.254 e. The van der Waals surface area contributed by atoms with E-state index in [9.17, 15) is 4.79 Å². The highest BCUT2D eigenvalue weighted by Crippen LogP contribution is 2.19. The van der Waals surface area contributed by atoms with E-state index in [2.05, 4.69) is 4.98 Å². The summed E-state index contributed by atoms with van der Waals surface area (Å²) in [5.41, 5.74) is 3.85. The van der Waals surface area contributed by atoms with E-state index in [1.165, 1.54) is 5.56 Å². The summed E-state index contributed by atoms with van der Waals surface area (Å²) in [7, 11) is 0. The molecule has 0 aliphatic rings. The molecular weight excluding hydrogens is 368 g/mol. The zero-order valence-corrected chi connectivity index (χ0v) is 17.6. The number of carbonyl (C=O) groups is 1. The van der Waals surface area contributed by atoms with Gasteiger partial charge in [0.25, 0.3) is 5.91 Å². The molecule has 2 aromatic carbocycles. The average Bonchev–Trinajstić information content (AvgIpc) is 3.11. The number of nitrogens with zero attached hydrogens (tertiary/aromatic N) is 2. The predicted molar refractivity (Wildman–Crippen MR) is 114 cm³/mol. The van der Waals surface area contributed by atoms with Gasteiger partial charge in [0.2, 0.25) is 0 Å². The molecule has 0 unspecified atom stereocenters. The van der Waals surface area contributed by atoms with Crippen molar-refractivity contribution in [3.8, 4) is 5.75 Å². The maximum atomic E-state index is 13.0. The summed E-state index contributed by atoms with van der Waals surface area (Å²) < 4.78 is 5.84. The first-order chi connectivity index (χ1) is 13.4. The number of hydrogen-bond acceptors (Lipinski definition) is 4. The monoisotopic (exact) mass is 394 g/mol. The molecule has 0 N–H and O–H groups in total. The second kappa shape index (κ2) is 9.02. The first-order valence-corrected chi connectivity index (χ1v) is 10.3. The van der Waals surface area contributed by atoms with Gasteiger partial charge in [-0.05, 0) is 57.5 Å². The Morgan fingerprint density at radius 2 is 1.82 bits per heavy atom. The molecule has 1 amide bonds. The summed E-state index contributed by atoms with van der Waals surface area (Å²) in [5, 5.41) is 2.91. The lowest BCUT2D eigenvalue weighted by atomic mass is 10.1. The highest BCUT2D eigenvalue weighted by atomic mass is 32.1. The number of ether oxygens (including phenoxy) is 1. The molecule has 0 fully saturated rings. The van der Waals surface area contributed by atoms with Crippen LogP contribution in [0.3, 0.4) is 0 Å². The second-order valence-electron chi connectivity index (χ2n) is 7.23. The Labute approximate surface area is 170 Å². The van der Waals surface area contributed by atoms with Crippen LogP contribution in [0.1, 0.15) is 46.0 Å². The standard InChI is InChI=1S/C23H26N2O2S/c1-16(2)25(23(26)19-9-5-7-17(3)11-19)13-20-15-28-22(24-20)14-27-21-10-6-8-18(4)12-21/h5-12,15-16H,13-14H2,1-4H3. The van der Waals surface area contributed by atoms with E-state index in [1.54, 1.807) is 11.3 Å². The normalized spacial score (nSPS) is 10.9. The van der Waals surface area contributed by atoms with Gasteiger partial charge in [0, 0.05) is 17.0 Å². The quantitative estimate of drug-likeness (QED) is 0.539. The lowest BCUT2D eigenvalue weighted by Crippen LogP contribution is -2.36. The molecule has 28 heavy (non-hydrogen) atoms. The molecule has 1 aromatic heterocycles. The molecule has 0 atom stereocenters. The Bertz CT molecular complexity index is 949. The number of rotatable bonds is 7. The first-order valence-electron chi connectivity index (χ1n) is 9.43. The SMILES string of the molecule is Cc1cccc(OCc2nc(CN(C(=O)c3cccc(C)c3)C(C)C)cs2)c1. The zero-order chi connectivity index (χ0) is 20.1. The van der Waals surface area contributed by atoms with Crippen molar-refractivity contribution in [3.63, 3.8) is 0 Å². The van der Waals surface area contributed by atoms with E-state index in [0.717, 1.165) is 22.0 Å². The van der Waals surface area contributed by atoms with Gasteiger partial charge in [0.15, 0.2) is 0 Å². The molecule has 0 saturated carbocycles. The van der Waals surface area contributed by atoms with Crippen LogP contribution in [0, 0.1) is 13.8 Å². The van der Waals surface area contributed by atoms with Crippen LogP contribution in [0.5, 0.6) is 5.75 Å². The van der Waals surface area contributed by atoms with E-state index in [4.69, 9.17) is 4.74 Å². The Hall–Kier alpha value is -2.66. The van der Waals surface area contributed by atoms with Crippen LogP contribution < -0.4 is 4.74 Å². The van der Waals surface area contributed by atoms with Crippen molar-refractivity contribution in [3.05, 3.63) is 81.3 Å². The fourth-order valence-electron chi connectivity index (χ4n) is 2.95. The third-order valence-corrected chi connectivity index (χ3v) is 5.30. The van der Waals surface area contributed by atoms with E-state index in [0.29, 0.717) is 18.7 Å². The van der Waals surface area contributed by atoms with Crippen LogP contribution in [-0.4, -0.2) is 21.8 Å². The van der Waals surface area contributed by atoms with Crippen molar-refractivity contribution < 1.29 is 9.53 Å². The van der Waals surface area contributed by atoms with Crippen molar-refractivity contribution in [2.45, 2.75) is 46.9 Å². The first kappa shape index (κ1) is 20.1. The van der Waals surface area contributed by atoms with Gasteiger partial charge in [0.05, 0.1) is 12.2 Å². The maximum absolute atomic E-state index is 13.0. The zero-order valence-electron chi connectivity index (χ0n) is 16.8. The largest absolute Gasteiger partial charge is 0.486 e. The third-order valence-electron chi connectivity index (χ3n) is 4.43. The lowest BCUT2D eigenvalue weighted by molar-refractivity contribution is 0.0688. The van der Waals surface area contributed by atoms with Gasteiger partial charge in [-0.3, -0.25) is 4.79 Å². The number of amides is 1. The predicted octanol–water partition coefficient (Wildman–Crippen LogP) is 5.39. The van der Waals surface area contributed by atoms with Gasteiger partial charge in [-0.15, -0.1) is 11.3 Å². The van der Waals surface area contributed by atoms with Crippen LogP contribution in [0.4, 0.5) is 0 Å². The van der Waals surface area contributed by atoms with Crippen LogP contribution in [-0.2, 0) is 13.2 Å². The van der Waals surface area contributed by atoms with Gasteiger partial charge in [-0.25, -0.2) is 4.98 Å². The molecule has 0 spiro atoms. The molecule has 0 bridgehead atoms. The van der Waals surface area contributed by atoms with Gasteiger partial charge in [-0.2, -0.15) is 0 Å². The second-order valence-corrected chi connectivity index (χ2v) is 8.18. The van der Waals surface area contributed by atoms with Gasteiger partial charge < -0.3 is 9.64 Å². The van der Waals surface area contributed by atoms with Crippen LogP contribution in [0.2, 0.25) is 0 Å². The summed E-state index contributed by atoms with van der Waals surface area (Å²) in [6.07, 6.45) is 0. The van der Waals surface area contributed by atoms with Crippen molar-refractivity contribution in [1.29, 1.82) is 0 Å². The Kier molecular flexibility index (Phi) is 6.47. The van der Waals surface area contributed by atoms with Crippen molar-refractivity contribution >= 4 is 17.2 Å². The van der Waals surface area contributed by atoms with E-state index >= 15 is 0 Å². The Morgan fingerprint density at radius 3 is 2.50 bits per heavy atom. The van der Waals surface area contributed by atoms with Crippen molar-refractivity contribution in [2.24, 2.45) is 0 Å². The van der Waals surface area contributed by atoms with Crippen LogP contribution in [0.15, 0.2) is 53.9 Å². The minimum atomic E-state index is 0.0317. The molecule has 4 nitrogen and oxygen atoms in total. The number of aryl methyl sites for hydroxylation is 2. The van der Waals surface area contributed by atoms with Crippen molar-refractivity contribution in [1.82, 2.24) is 9.88 Å².